The zero-order valence-electron chi connectivity index (χ0n) is 16.0. The van der Waals surface area contributed by atoms with Gasteiger partial charge in [-0.3, -0.25) is 4.79 Å². The van der Waals surface area contributed by atoms with Crippen LogP contribution in [0.15, 0.2) is 36.4 Å². The highest BCUT2D eigenvalue weighted by Gasteiger charge is 2.24. The molecule has 1 amide bonds. The number of quaternary nitrogens is 1. The van der Waals surface area contributed by atoms with E-state index in [1.54, 1.807) is 11.8 Å². The second kappa shape index (κ2) is 9.47. The normalized spacial score (nSPS) is 16.3. The van der Waals surface area contributed by atoms with Crippen LogP contribution in [-0.4, -0.2) is 49.5 Å². The Morgan fingerprint density at radius 1 is 1.07 bits per heavy atom. The molecule has 0 spiro atoms. The Labute approximate surface area is 184 Å². The van der Waals surface area contributed by atoms with E-state index in [0.29, 0.717) is 28.3 Å². The molecule has 2 heterocycles. The molecule has 4 rings (SSSR count). The van der Waals surface area contributed by atoms with E-state index < -0.39 is 0 Å². The molecule has 0 saturated carbocycles. The topological polar surface area (TPSA) is 43.2 Å². The minimum absolute atomic E-state index is 0.181. The van der Waals surface area contributed by atoms with Gasteiger partial charge in [0.1, 0.15) is 6.54 Å². The Morgan fingerprint density at radius 2 is 1.79 bits per heavy atom. The molecule has 0 radical (unpaired) electrons. The second-order valence-electron chi connectivity index (χ2n) is 7.19. The summed E-state index contributed by atoms with van der Waals surface area (Å²) in [6.45, 7) is 4.69. The standard InChI is InChI=1S/C21H22Cl2N2O3S/c22-17-2-1-3-18(23)16(17)12-29-13-21(26)25-8-6-24(7-9-25)11-15-4-5-19-20(10-15)28-14-27-19/h1-5,10H,6-9,11-14H2/p+1. The van der Waals surface area contributed by atoms with Crippen molar-refractivity contribution in [1.29, 1.82) is 0 Å². The lowest BCUT2D eigenvalue weighted by atomic mass is 10.1. The van der Waals surface area contributed by atoms with Crippen molar-refractivity contribution >= 4 is 40.9 Å². The van der Waals surface area contributed by atoms with E-state index in [1.807, 2.05) is 29.2 Å². The highest BCUT2D eigenvalue weighted by molar-refractivity contribution is 7.99. The number of nitrogens with one attached hydrogen (secondary N) is 1. The number of thioether (sulfide) groups is 1. The van der Waals surface area contributed by atoms with Crippen molar-refractivity contribution < 1.29 is 19.2 Å². The van der Waals surface area contributed by atoms with Crippen LogP contribution in [0.25, 0.3) is 0 Å². The second-order valence-corrected chi connectivity index (χ2v) is 8.99. The molecule has 0 aliphatic carbocycles. The lowest BCUT2D eigenvalue weighted by Crippen LogP contribution is -3.13. The van der Waals surface area contributed by atoms with Crippen molar-refractivity contribution in [2.24, 2.45) is 0 Å². The Hall–Kier alpha value is -1.60. The number of nitrogens with zero attached hydrogens (tertiary/aromatic N) is 1. The van der Waals surface area contributed by atoms with Gasteiger partial charge in [-0.2, -0.15) is 0 Å². The van der Waals surface area contributed by atoms with E-state index in [4.69, 9.17) is 32.7 Å². The van der Waals surface area contributed by atoms with Crippen molar-refractivity contribution in [3.8, 4) is 11.5 Å². The maximum Gasteiger partial charge on any atom is 0.232 e. The summed E-state index contributed by atoms with van der Waals surface area (Å²) in [5.41, 5.74) is 2.13. The molecule has 0 atom stereocenters. The molecular weight excluding hydrogens is 431 g/mol. The molecule has 1 saturated heterocycles. The third kappa shape index (κ3) is 5.12. The van der Waals surface area contributed by atoms with Crippen LogP contribution in [0.4, 0.5) is 0 Å². The van der Waals surface area contributed by atoms with E-state index >= 15 is 0 Å². The number of fused-ring (bicyclic) bond motifs is 1. The van der Waals surface area contributed by atoms with Gasteiger partial charge < -0.3 is 19.3 Å². The number of carbonyl (C=O) groups excluding carboxylic acids is 1. The van der Waals surface area contributed by atoms with E-state index in [1.165, 1.54) is 10.5 Å². The molecule has 1 fully saturated rings. The average Bonchev–Trinajstić information content (AvgIpc) is 3.18. The maximum atomic E-state index is 12.6. The van der Waals surface area contributed by atoms with E-state index in [9.17, 15) is 4.79 Å². The highest BCUT2D eigenvalue weighted by atomic mass is 35.5. The molecule has 1 N–H and O–H groups in total. The zero-order valence-corrected chi connectivity index (χ0v) is 18.3. The van der Waals surface area contributed by atoms with Crippen LogP contribution in [0.5, 0.6) is 11.5 Å². The summed E-state index contributed by atoms with van der Waals surface area (Å²) in [5, 5.41) is 1.30. The summed E-state index contributed by atoms with van der Waals surface area (Å²) in [4.78, 5) is 16.0. The van der Waals surface area contributed by atoms with Gasteiger partial charge in [-0.1, -0.05) is 29.3 Å². The Kier molecular flexibility index (Phi) is 6.75. The van der Waals surface area contributed by atoms with Gasteiger partial charge in [0.25, 0.3) is 0 Å². The molecule has 29 heavy (non-hydrogen) atoms. The van der Waals surface area contributed by atoms with Gasteiger partial charge in [0, 0.05) is 21.4 Å². The Balaban J connectivity index is 1.21. The molecular formula is C21H23Cl2N2O3S+. The van der Waals surface area contributed by atoms with Crippen molar-refractivity contribution in [2.75, 3.05) is 38.7 Å². The third-order valence-electron chi connectivity index (χ3n) is 5.25. The number of benzene rings is 2. The largest absolute Gasteiger partial charge is 0.454 e. The van der Waals surface area contributed by atoms with Crippen molar-refractivity contribution in [3.63, 3.8) is 0 Å². The smallest absolute Gasteiger partial charge is 0.232 e. The van der Waals surface area contributed by atoms with Gasteiger partial charge in [-0.05, 0) is 35.9 Å². The molecule has 8 heteroatoms. The Morgan fingerprint density at radius 3 is 2.55 bits per heavy atom. The van der Waals surface area contributed by atoms with Crippen LogP contribution in [0.1, 0.15) is 11.1 Å². The van der Waals surface area contributed by atoms with E-state index in [2.05, 4.69) is 12.1 Å². The zero-order chi connectivity index (χ0) is 20.2. The third-order valence-corrected chi connectivity index (χ3v) is 6.90. The van der Waals surface area contributed by atoms with Gasteiger partial charge in [-0.25, -0.2) is 0 Å². The fourth-order valence-electron chi connectivity index (χ4n) is 3.59. The van der Waals surface area contributed by atoms with Gasteiger partial charge in [0.2, 0.25) is 12.7 Å². The number of carbonyl (C=O) groups is 1. The van der Waals surface area contributed by atoms with E-state index in [0.717, 1.165) is 49.8 Å². The lowest BCUT2D eigenvalue weighted by molar-refractivity contribution is -0.917. The molecule has 5 nitrogen and oxygen atoms in total. The lowest BCUT2D eigenvalue weighted by Gasteiger charge is -2.32. The first kappa shape index (κ1) is 20.7. The fraction of sp³-hybridized carbons (Fsp3) is 0.381. The van der Waals surface area contributed by atoms with E-state index in [-0.39, 0.29) is 5.91 Å². The fourth-order valence-corrected chi connectivity index (χ4v) is 5.25. The van der Waals surface area contributed by atoms with Crippen molar-refractivity contribution in [1.82, 2.24) is 4.90 Å². The molecule has 0 bridgehead atoms. The molecule has 2 aliphatic rings. The maximum absolute atomic E-state index is 12.6. The molecule has 2 aromatic carbocycles. The predicted molar refractivity (Wildman–Crippen MR) is 116 cm³/mol. The number of hydrogen-bond acceptors (Lipinski definition) is 4. The summed E-state index contributed by atoms with van der Waals surface area (Å²) < 4.78 is 10.8. The predicted octanol–water partition coefficient (Wildman–Crippen LogP) is 2.88. The highest BCUT2D eigenvalue weighted by Crippen LogP contribution is 2.32. The SMILES string of the molecule is O=C(CSCc1c(Cl)cccc1Cl)N1CC[NH+](Cc2ccc3c(c2)OCO3)CC1. The molecule has 154 valence electrons. The first-order chi connectivity index (χ1) is 14.1. The first-order valence-electron chi connectivity index (χ1n) is 9.60. The molecule has 0 aromatic heterocycles. The van der Waals surface area contributed by atoms with Crippen LogP contribution in [0.2, 0.25) is 10.0 Å². The summed E-state index contributed by atoms with van der Waals surface area (Å²) in [6.07, 6.45) is 0. The summed E-state index contributed by atoms with van der Waals surface area (Å²) in [7, 11) is 0. The number of amides is 1. The van der Waals surface area contributed by atoms with Gasteiger partial charge in [-0.15, -0.1) is 11.8 Å². The quantitative estimate of drug-likeness (QED) is 0.729. The minimum Gasteiger partial charge on any atom is -0.454 e. The van der Waals surface area contributed by atoms with Crippen LogP contribution < -0.4 is 14.4 Å². The Bertz CT molecular complexity index is 868. The molecule has 0 unspecified atom stereocenters. The van der Waals surface area contributed by atoms with Gasteiger partial charge >= 0.3 is 0 Å². The number of piperazine rings is 1. The summed E-state index contributed by atoms with van der Waals surface area (Å²) in [5.74, 6) is 2.90. The molecule has 2 aromatic rings. The van der Waals surface area contributed by atoms with Gasteiger partial charge in [0.05, 0.1) is 31.9 Å². The summed E-state index contributed by atoms with van der Waals surface area (Å²) in [6, 6.07) is 11.6. The number of rotatable bonds is 6. The summed E-state index contributed by atoms with van der Waals surface area (Å²) >= 11 is 14.0. The first-order valence-corrected chi connectivity index (χ1v) is 11.5. The monoisotopic (exact) mass is 453 g/mol. The number of hydrogen-bond donors (Lipinski definition) is 1. The van der Waals surface area contributed by atoms with Crippen LogP contribution in [0.3, 0.4) is 0 Å². The van der Waals surface area contributed by atoms with Crippen LogP contribution in [0, 0.1) is 0 Å². The number of halogens is 2. The van der Waals surface area contributed by atoms with Crippen molar-refractivity contribution in [3.05, 3.63) is 57.6 Å². The van der Waals surface area contributed by atoms with Gasteiger partial charge in [0.15, 0.2) is 11.5 Å². The van der Waals surface area contributed by atoms with Crippen LogP contribution >= 0.6 is 35.0 Å². The van der Waals surface area contributed by atoms with Crippen LogP contribution in [-0.2, 0) is 17.1 Å². The minimum atomic E-state index is 0.181. The molecule has 2 aliphatic heterocycles. The average molecular weight is 454 g/mol. The van der Waals surface area contributed by atoms with Crippen molar-refractivity contribution in [2.45, 2.75) is 12.3 Å². The number of ether oxygens (including phenoxy) is 2.